The van der Waals surface area contributed by atoms with Crippen LogP contribution >= 0.6 is 0 Å². The van der Waals surface area contributed by atoms with Crippen molar-refractivity contribution < 1.29 is 23.9 Å². The van der Waals surface area contributed by atoms with Gasteiger partial charge in [-0.25, -0.2) is 4.79 Å². The standard InChI is InChI=1S/C24H26N4O5/c1-16-14-21(28(2)27-16)26-23(30)15-33-24(31)19-6-4-5-7-20(19)25-22(29)13-10-17-8-11-18(32-3)12-9-17/h4-9,11-12,14H,10,13,15H2,1-3H3,(H,25,29)(H,26,30). The molecule has 0 unspecified atom stereocenters. The number of hydrogen-bond acceptors (Lipinski definition) is 6. The van der Waals surface area contributed by atoms with Crippen molar-refractivity contribution >= 4 is 29.3 Å². The van der Waals surface area contributed by atoms with Crippen molar-refractivity contribution in [3.8, 4) is 5.75 Å². The van der Waals surface area contributed by atoms with Crippen LogP contribution in [0.3, 0.4) is 0 Å². The fourth-order valence-electron chi connectivity index (χ4n) is 3.15. The molecule has 3 rings (SSSR count). The summed E-state index contributed by atoms with van der Waals surface area (Å²) in [6.45, 7) is 1.33. The molecule has 172 valence electrons. The van der Waals surface area contributed by atoms with Gasteiger partial charge in [0.2, 0.25) is 5.91 Å². The lowest BCUT2D eigenvalue weighted by Crippen LogP contribution is -2.23. The number of esters is 1. The molecule has 1 heterocycles. The first-order chi connectivity index (χ1) is 15.9. The number of methoxy groups -OCH3 is 1. The molecule has 9 nitrogen and oxygen atoms in total. The van der Waals surface area contributed by atoms with E-state index < -0.39 is 18.5 Å². The number of rotatable bonds is 9. The molecule has 2 aromatic carbocycles. The number of aromatic nitrogens is 2. The Hall–Kier alpha value is -4.14. The summed E-state index contributed by atoms with van der Waals surface area (Å²) < 4.78 is 11.8. The van der Waals surface area contributed by atoms with Gasteiger partial charge in [0.1, 0.15) is 11.6 Å². The van der Waals surface area contributed by atoms with Crippen molar-refractivity contribution in [3.05, 3.63) is 71.4 Å². The van der Waals surface area contributed by atoms with Crippen LogP contribution in [0, 0.1) is 6.92 Å². The Kier molecular flexibility index (Phi) is 7.80. The van der Waals surface area contributed by atoms with Gasteiger partial charge in [0.15, 0.2) is 6.61 Å². The molecule has 0 fully saturated rings. The normalized spacial score (nSPS) is 10.4. The zero-order valence-electron chi connectivity index (χ0n) is 18.8. The first kappa shape index (κ1) is 23.5. The highest BCUT2D eigenvalue weighted by Gasteiger charge is 2.16. The number of aryl methyl sites for hydroxylation is 3. The van der Waals surface area contributed by atoms with Crippen molar-refractivity contribution in [2.45, 2.75) is 19.8 Å². The Morgan fingerprint density at radius 3 is 2.39 bits per heavy atom. The molecule has 0 saturated carbocycles. The lowest BCUT2D eigenvalue weighted by Gasteiger charge is -2.11. The highest BCUT2D eigenvalue weighted by Crippen LogP contribution is 2.18. The summed E-state index contributed by atoms with van der Waals surface area (Å²) >= 11 is 0. The van der Waals surface area contributed by atoms with E-state index in [2.05, 4.69) is 15.7 Å². The van der Waals surface area contributed by atoms with Gasteiger partial charge < -0.3 is 20.1 Å². The summed E-state index contributed by atoms with van der Waals surface area (Å²) in [5.74, 6) is -0.196. The molecule has 0 saturated heterocycles. The summed E-state index contributed by atoms with van der Waals surface area (Å²) in [6.07, 6.45) is 0.776. The second kappa shape index (κ2) is 10.9. The molecule has 0 radical (unpaired) electrons. The predicted octanol–water partition coefficient (Wildman–Crippen LogP) is 3.10. The van der Waals surface area contributed by atoms with Gasteiger partial charge >= 0.3 is 5.97 Å². The Morgan fingerprint density at radius 2 is 1.73 bits per heavy atom. The number of carbonyl (C=O) groups excluding carboxylic acids is 3. The topological polar surface area (TPSA) is 112 Å². The molecule has 0 aliphatic heterocycles. The molecule has 0 bridgehead atoms. The molecule has 33 heavy (non-hydrogen) atoms. The van der Waals surface area contributed by atoms with Crippen LogP contribution in [-0.4, -0.2) is 41.3 Å². The van der Waals surface area contributed by atoms with Crippen LogP contribution in [0.25, 0.3) is 0 Å². The van der Waals surface area contributed by atoms with E-state index in [1.54, 1.807) is 45.3 Å². The number of amides is 2. The third kappa shape index (κ3) is 6.67. The minimum Gasteiger partial charge on any atom is -0.497 e. The smallest absolute Gasteiger partial charge is 0.340 e. The van der Waals surface area contributed by atoms with Crippen molar-refractivity contribution in [2.24, 2.45) is 7.05 Å². The van der Waals surface area contributed by atoms with Gasteiger partial charge in [-0.2, -0.15) is 5.10 Å². The Balaban J connectivity index is 1.53. The average Bonchev–Trinajstić information content (AvgIpc) is 3.13. The molecule has 9 heteroatoms. The van der Waals surface area contributed by atoms with E-state index in [1.165, 1.54) is 10.7 Å². The number of anilines is 2. The van der Waals surface area contributed by atoms with Gasteiger partial charge in [-0.15, -0.1) is 0 Å². The van der Waals surface area contributed by atoms with Crippen LogP contribution in [0.1, 0.15) is 28.0 Å². The SMILES string of the molecule is COc1ccc(CCC(=O)Nc2ccccc2C(=O)OCC(=O)Nc2cc(C)nn2C)cc1. The Labute approximate surface area is 191 Å². The first-order valence-corrected chi connectivity index (χ1v) is 10.3. The van der Waals surface area contributed by atoms with E-state index in [4.69, 9.17) is 9.47 Å². The molecule has 2 N–H and O–H groups in total. The predicted molar refractivity (Wildman–Crippen MR) is 123 cm³/mol. The van der Waals surface area contributed by atoms with Crippen molar-refractivity contribution in [1.82, 2.24) is 9.78 Å². The summed E-state index contributed by atoms with van der Waals surface area (Å²) in [5.41, 5.74) is 2.24. The number of hydrogen-bond donors (Lipinski definition) is 2. The van der Waals surface area contributed by atoms with E-state index >= 15 is 0 Å². The third-order valence-electron chi connectivity index (χ3n) is 4.82. The fourth-order valence-corrected chi connectivity index (χ4v) is 3.15. The molecule has 0 aliphatic carbocycles. The van der Waals surface area contributed by atoms with Crippen LogP contribution in [0.2, 0.25) is 0 Å². The highest BCUT2D eigenvalue weighted by atomic mass is 16.5. The zero-order valence-corrected chi connectivity index (χ0v) is 18.8. The summed E-state index contributed by atoms with van der Waals surface area (Å²) in [5, 5.41) is 9.51. The van der Waals surface area contributed by atoms with Gasteiger partial charge in [-0.3, -0.25) is 14.3 Å². The van der Waals surface area contributed by atoms with Gasteiger partial charge in [0, 0.05) is 19.5 Å². The van der Waals surface area contributed by atoms with Crippen LogP contribution < -0.4 is 15.4 Å². The maximum atomic E-state index is 12.5. The maximum Gasteiger partial charge on any atom is 0.340 e. The van der Waals surface area contributed by atoms with Crippen LogP contribution in [-0.2, 0) is 27.8 Å². The number of nitrogens with one attached hydrogen (secondary N) is 2. The number of ether oxygens (including phenoxy) is 2. The van der Waals surface area contributed by atoms with E-state index in [9.17, 15) is 14.4 Å². The van der Waals surface area contributed by atoms with E-state index in [1.807, 2.05) is 24.3 Å². The van der Waals surface area contributed by atoms with Gasteiger partial charge in [0.05, 0.1) is 24.1 Å². The summed E-state index contributed by atoms with van der Waals surface area (Å²) in [6, 6.07) is 15.7. The molecular weight excluding hydrogens is 424 g/mol. The van der Waals surface area contributed by atoms with Gasteiger partial charge in [0.25, 0.3) is 5.91 Å². The lowest BCUT2D eigenvalue weighted by molar-refractivity contribution is -0.119. The molecule has 0 spiro atoms. The second-order valence-corrected chi connectivity index (χ2v) is 7.36. The van der Waals surface area contributed by atoms with Gasteiger partial charge in [-0.05, 0) is 43.2 Å². The molecule has 0 atom stereocenters. The number of benzene rings is 2. The largest absolute Gasteiger partial charge is 0.497 e. The van der Waals surface area contributed by atoms with E-state index in [0.29, 0.717) is 17.9 Å². The number of carbonyl (C=O) groups is 3. The monoisotopic (exact) mass is 450 g/mol. The molecule has 1 aromatic heterocycles. The third-order valence-corrected chi connectivity index (χ3v) is 4.82. The number of nitrogens with zero attached hydrogens (tertiary/aromatic N) is 2. The lowest BCUT2D eigenvalue weighted by atomic mass is 10.1. The van der Waals surface area contributed by atoms with Crippen LogP contribution in [0.5, 0.6) is 5.75 Å². The average molecular weight is 450 g/mol. The second-order valence-electron chi connectivity index (χ2n) is 7.36. The quantitative estimate of drug-likeness (QED) is 0.485. The minimum atomic E-state index is -0.711. The molecular formula is C24H26N4O5. The van der Waals surface area contributed by atoms with Crippen molar-refractivity contribution in [2.75, 3.05) is 24.4 Å². The zero-order chi connectivity index (χ0) is 23.8. The van der Waals surface area contributed by atoms with Crippen LogP contribution in [0.4, 0.5) is 11.5 Å². The van der Waals surface area contributed by atoms with E-state index in [0.717, 1.165) is 17.0 Å². The fraction of sp³-hybridized carbons (Fsp3) is 0.250. The highest BCUT2D eigenvalue weighted by molar-refractivity contribution is 6.02. The van der Waals surface area contributed by atoms with E-state index in [-0.39, 0.29) is 17.9 Å². The maximum absolute atomic E-state index is 12.5. The summed E-state index contributed by atoms with van der Waals surface area (Å²) in [4.78, 5) is 37.1. The molecule has 3 aromatic rings. The first-order valence-electron chi connectivity index (χ1n) is 10.3. The van der Waals surface area contributed by atoms with Crippen LogP contribution in [0.15, 0.2) is 54.6 Å². The Morgan fingerprint density at radius 1 is 1.00 bits per heavy atom. The molecule has 2 amide bonds. The summed E-state index contributed by atoms with van der Waals surface area (Å²) in [7, 11) is 3.29. The number of para-hydroxylation sites is 1. The van der Waals surface area contributed by atoms with Crippen molar-refractivity contribution in [1.29, 1.82) is 0 Å². The minimum absolute atomic E-state index is 0.166. The molecule has 0 aliphatic rings. The van der Waals surface area contributed by atoms with Crippen molar-refractivity contribution in [3.63, 3.8) is 0 Å². The van der Waals surface area contributed by atoms with Gasteiger partial charge in [-0.1, -0.05) is 24.3 Å². The Bertz CT molecular complexity index is 1140.